The number of phenols is 1. The molecule has 2 aromatic carbocycles. The number of hydrogen-bond acceptors (Lipinski definition) is 12. The average Bonchev–Trinajstić information content (AvgIpc) is 3.32. The summed E-state index contributed by atoms with van der Waals surface area (Å²) in [5.74, 6) is -3.22. The van der Waals surface area contributed by atoms with Gasteiger partial charge < -0.3 is 57.6 Å². The first-order valence-electron chi connectivity index (χ1n) is 24.3. The first-order valence-corrected chi connectivity index (χ1v) is 24.3. The number of phenolic OH excluding ortho intramolecular Hbond substituents is 1. The summed E-state index contributed by atoms with van der Waals surface area (Å²) in [4.78, 5) is 96.0. The Morgan fingerprint density at radius 1 is 0.580 bits per heavy atom. The highest BCUT2D eigenvalue weighted by molar-refractivity contribution is 6.09. The number of aromatic hydroxyl groups is 1. The molecule has 2 aliphatic rings. The normalized spacial score (nSPS) is 11.2. The van der Waals surface area contributed by atoms with Crippen LogP contribution in [0.25, 0.3) is 33.4 Å². The third-order valence-electron chi connectivity index (χ3n) is 12.0. The van der Waals surface area contributed by atoms with Crippen molar-refractivity contribution < 1.29 is 43.4 Å². The minimum absolute atomic E-state index is 0.0762. The summed E-state index contributed by atoms with van der Waals surface area (Å²) in [6.45, 7) is 2.22. The van der Waals surface area contributed by atoms with Gasteiger partial charge in [-0.25, -0.2) is 4.79 Å². The number of rotatable bonds is 33. The van der Waals surface area contributed by atoms with Crippen molar-refractivity contribution in [3.05, 3.63) is 75.9 Å². The van der Waals surface area contributed by atoms with E-state index < -0.39 is 17.8 Å². The number of nitrogens with two attached hydrogens (primary N) is 4. The monoisotopic (exact) mass is 957 g/mol. The molecule has 4 rings (SSSR count). The Bertz CT molecular complexity index is 2350. The topological polar surface area (TPSA) is 299 Å². The summed E-state index contributed by atoms with van der Waals surface area (Å²) in [5, 5.41) is 23.8. The molecule has 0 aromatic heterocycles. The summed E-state index contributed by atoms with van der Waals surface area (Å²) in [7, 11) is 0. The van der Waals surface area contributed by atoms with E-state index in [0.29, 0.717) is 94.3 Å². The number of aromatic carboxylic acids is 1. The first-order chi connectivity index (χ1) is 33.3. The van der Waals surface area contributed by atoms with E-state index in [1.807, 2.05) is 0 Å². The second kappa shape index (κ2) is 29.5. The molecule has 1 heterocycles. The molecule has 18 nitrogen and oxygen atoms in total. The number of carbonyl (C=O) groups excluding carboxylic acids is 5. The van der Waals surface area contributed by atoms with Gasteiger partial charge in [-0.1, -0.05) is 51.0 Å². The van der Waals surface area contributed by atoms with Crippen LogP contribution in [-0.4, -0.2) is 126 Å². The number of amides is 5. The van der Waals surface area contributed by atoms with Gasteiger partial charge in [-0.15, -0.1) is 0 Å². The van der Waals surface area contributed by atoms with Gasteiger partial charge in [0.1, 0.15) is 17.1 Å². The van der Waals surface area contributed by atoms with Crippen molar-refractivity contribution >= 4 is 46.5 Å². The Labute approximate surface area is 404 Å². The maximum absolute atomic E-state index is 14.0. The molecule has 69 heavy (non-hydrogen) atoms. The molecular formula is C51H72N8O10. The quantitative estimate of drug-likeness (QED) is 0.0250. The number of hydrogen-bond donors (Lipinski definition) is 7. The van der Waals surface area contributed by atoms with E-state index in [-0.39, 0.29) is 89.5 Å². The highest BCUT2D eigenvalue weighted by Gasteiger charge is 2.26. The van der Waals surface area contributed by atoms with E-state index in [4.69, 9.17) is 27.4 Å². The van der Waals surface area contributed by atoms with Crippen LogP contribution in [0.15, 0.2) is 63.8 Å². The standard InChI is InChI=1S/C51H72N8O10/c52-23-9-1-4-13-27-57(33-45(55)62)47(64)35-59(29-15-6-3-11-25-54)48(65)34-58(28-14-5-2-10-24-53)46(63)16-8-7-12-26-56-50(66)36-17-20-39(42(30-36)51(67)68)49-40-21-18-37(60)31-43(40)69-44-32-38(61)19-22-41(44)49/h17-22,30-32,60H,1-16,23-29,33-35,52-54H2,(H2,55,62)(H,56,66)(H,67,68). The fourth-order valence-electron chi connectivity index (χ4n) is 8.26. The van der Waals surface area contributed by atoms with Crippen LogP contribution in [0.2, 0.25) is 0 Å². The number of nitrogens with zero attached hydrogens (tertiary/aromatic N) is 3. The fourth-order valence-corrected chi connectivity index (χ4v) is 8.26. The molecule has 2 aromatic rings. The predicted octanol–water partition coefficient (Wildman–Crippen LogP) is 4.79. The summed E-state index contributed by atoms with van der Waals surface area (Å²) in [6, 6.07) is 13.0. The van der Waals surface area contributed by atoms with Gasteiger partial charge in [-0.3, -0.25) is 28.8 Å². The lowest BCUT2D eigenvalue weighted by molar-refractivity contribution is -0.145. The number of carbonyl (C=O) groups is 6. The minimum atomic E-state index is -1.27. The number of carboxylic acids is 1. The van der Waals surface area contributed by atoms with Gasteiger partial charge in [0.05, 0.1) is 25.2 Å². The Hall–Kier alpha value is -6.37. The third-order valence-corrected chi connectivity index (χ3v) is 12.0. The number of fused-ring (bicyclic) bond motifs is 2. The van der Waals surface area contributed by atoms with Crippen molar-refractivity contribution in [2.24, 2.45) is 22.9 Å². The molecule has 0 spiro atoms. The van der Waals surface area contributed by atoms with Crippen LogP contribution in [-0.2, 0) is 19.2 Å². The number of primary amides is 1. The zero-order valence-corrected chi connectivity index (χ0v) is 39.9. The van der Waals surface area contributed by atoms with Crippen molar-refractivity contribution in [3.63, 3.8) is 0 Å². The van der Waals surface area contributed by atoms with Gasteiger partial charge in [0.2, 0.25) is 23.6 Å². The van der Waals surface area contributed by atoms with Crippen molar-refractivity contribution in [1.29, 1.82) is 0 Å². The molecule has 1 aliphatic heterocycles. The van der Waals surface area contributed by atoms with Gasteiger partial charge in [0.15, 0.2) is 5.43 Å². The SMILES string of the molecule is NCCCCCCN(CC(N)=O)C(=O)CN(CCCCCCN)C(=O)CN(CCCCCCN)C(=O)CCCCCNC(=O)c1ccc(-c2c3ccc(=O)cc-3oc3cc(O)ccc23)c(C(=O)O)c1. The molecule has 0 fully saturated rings. The lowest BCUT2D eigenvalue weighted by Crippen LogP contribution is -2.49. The highest BCUT2D eigenvalue weighted by Crippen LogP contribution is 2.42. The Kier molecular flexibility index (Phi) is 23.6. The van der Waals surface area contributed by atoms with Crippen LogP contribution in [0, 0.1) is 0 Å². The highest BCUT2D eigenvalue weighted by atomic mass is 16.4. The van der Waals surface area contributed by atoms with Crippen LogP contribution in [0.5, 0.6) is 5.75 Å². The third kappa shape index (κ3) is 17.9. The molecule has 0 saturated carbocycles. The number of nitrogens with one attached hydrogen (secondary N) is 1. The maximum atomic E-state index is 14.0. The number of carboxylic acid groups (broad SMARTS) is 1. The molecule has 5 amide bonds. The van der Waals surface area contributed by atoms with Crippen molar-refractivity contribution in [2.45, 2.75) is 103 Å². The largest absolute Gasteiger partial charge is 0.508 e. The van der Waals surface area contributed by atoms with Crippen molar-refractivity contribution in [3.8, 4) is 28.2 Å². The van der Waals surface area contributed by atoms with E-state index in [1.54, 1.807) is 17.0 Å². The molecule has 376 valence electrons. The van der Waals surface area contributed by atoms with E-state index in [0.717, 1.165) is 57.8 Å². The molecule has 0 radical (unpaired) electrons. The molecular weight excluding hydrogens is 885 g/mol. The summed E-state index contributed by atoms with van der Waals surface area (Å²) in [5.41, 5.74) is 23.6. The number of unbranched alkanes of at least 4 members (excludes halogenated alkanes) is 11. The predicted molar refractivity (Wildman–Crippen MR) is 265 cm³/mol. The minimum Gasteiger partial charge on any atom is -0.508 e. The Morgan fingerprint density at radius 3 is 1.68 bits per heavy atom. The maximum Gasteiger partial charge on any atom is 0.336 e. The lowest BCUT2D eigenvalue weighted by Gasteiger charge is -2.30. The zero-order valence-electron chi connectivity index (χ0n) is 39.9. The van der Waals surface area contributed by atoms with Gasteiger partial charge in [-0.2, -0.15) is 0 Å². The van der Waals surface area contributed by atoms with Crippen molar-refractivity contribution in [2.75, 3.05) is 65.4 Å². The van der Waals surface area contributed by atoms with Gasteiger partial charge in [0, 0.05) is 66.8 Å². The fraction of sp³-hybridized carbons (Fsp3) is 0.510. The van der Waals surface area contributed by atoms with E-state index in [9.17, 15) is 43.8 Å². The van der Waals surface area contributed by atoms with Crippen LogP contribution in [0.1, 0.15) is 123 Å². The molecule has 0 unspecified atom stereocenters. The van der Waals surface area contributed by atoms with Crippen LogP contribution in [0.4, 0.5) is 0 Å². The Morgan fingerprint density at radius 2 is 1.12 bits per heavy atom. The first kappa shape index (κ1) is 55.2. The van der Waals surface area contributed by atoms with E-state index in [2.05, 4.69) is 5.32 Å². The molecule has 0 bridgehead atoms. The summed E-state index contributed by atoms with van der Waals surface area (Å²) in [6.07, 6.45) is 11.4. The zero-order chi connectivity index (χ0) is 50.1. The lowest BCUT2D eigenvalue weighted by atomic mass is 9.90. The molecule has 18 heteroatoms. The van der Waals surface area contributed by atoms with E-state index in [1.165, 1.54) is 52.3 Å². The number of benzene rings is 3. The molecule has 0 atom stereocenters. The molecule has 1 aliphatic carbocycles. The molecule has 11 N–H and O–H groups in total. The van der Waals surface area contributed by atoms with Gasteiger partial charge >= 0.3 is 5.97 Å². The van der Waals surface area contributed by atoms with Crippen LogP contribution < -0.4 is 33.7 Å². The summed E-state index contributed by atoms with van der Waals surface area (Å²) < 4.78 is 5.91. The summed E-state index contributed by atoms with van der Waals surface area (Å²) >= 11 is 0. The Balaban J connectivity index is 1.39. The van der Waals surface area contributed by atoms with Gasteiger partial charge in [0.25, 0.3) is 5.91 Å². The smallest absolute Gasteiger partial charge is 0.336 e. The van der Waals surface area contributed by atoms with Gasteiger partial charge in [-0.05, 0) is 113 Å². The van der Waals surface area contributed by atoms with Crippen LogP contribution in [0.3, 0.4) is 0 Å². The van der Waals surface area contributed by atoms with Crippen molar-refractivity contribution in [1.82, 2.24) is 20.0 Å². The second-order valence-corrected chi connectivity index (χ2v) is 17.5. The average molecular weight is 957 g/mol. The second-order valence-electron chi connectivity index (χ2n) is 17.5. The molecule has 0 saturated heterocycles. The van der Waals surface area contributed by atoms with E-state index >= 15 is 0 Å². The van der Waals surface area contributed by atoms with Crippen LogP contribution >= 0.6 is 0 Å².